The summed E-state index contributed by atoms with van der Waals surface area (Å²) in [5, 5.41) is 0. The van der Waals surface area contributed by atoms with Crippen LogP contribution >= 0.6 is 0 Å². The van der Waals surface area contributed by atoms with Crippen molar-refractivity contribution in [1.29, 1.82) is 0 Å². The molecular weight excluding hydrogens is 408 g/mol. The number of methoxy groups -OCH3 is 1. The van der Waals surface area contributed by atoms with E-state index in [1.807, 2.05) is 24.3 Å². The Morgan fingerprint density at radius 2 is 1.72 bits per heavy atom. The molecule has 2 heterocycles. The van der Waals surface area contributed by atoms with Gasteiger partial charge in [-0.1, -0.05) is 48.5 Å². The maximum Gasteiger partial charge on any atom is 0.410 e. The number of benzene rings is 2. The van der Waals surface area contributed by atoms with Gasteiger partial charge in [-0.15, -0.1) is 0 Å². The summed E-state index contributed by atoms with van der Waals surface area (Å²) in [6.07, 6.45) is 1.38. The molecule has 0 radical (unpaired) electrons. The van der Waals surface area contributed by atoms with Crippen LogP contribution in [-0.2, 0) is 22.4 Å². The summed E-state index contributed by atoms with van der Waals surface area (Å²) < 4.78 is 10.4. The Labute approximate surface area is 184 Å². The standard InChI is InChI=1S/C25H22N2O5/c1-31-24(29)19-12-26-22-10-11-27(13-20(22)23(19)28)25(30)32-14-21-17-8-4-2-6-15(17)16-7-3-5-9-18(16)21/h2-9,12,21H,10-11,13-14H2,1H3,(H,26,28). The fraction of sp³-hybridized carbons (Fsp3) is 0.240. The van der Waals surface area contributed by atoms with E-state index < -0.39 is 17.5 Å². The van der Waals surface area contributed by atoms with E-state index in [0.717, 1.165) is 27.9 Å². The van der Waals surface area contributed by atoms with Gasteiger partial charge in [0, 0.05) is 36.3 Å². The number of rotatable bonds is 3. The largest absolute Gasteiger partial charge is 0.465 e. The normalized spacial score (nSPS) is 14.3. The molecule has 0 unspecified atom stereocenters. The van der Waals surface area contributed by atoms with Gasteiger partial charge in [0.1, 0.15) is 12.2 Å². The molecule has 162 valence electrons. The summed E-state index contributed by atoms with van der Waals surface area (Å²) in [4.78, 5) is 41.9. The lowest BCUT2D eigenvalue weighted by molar-refractivity contribution is 0.0598. The number of pyridine rings is 1. The van der Waals surface area contributed by atoms with Crippen LogP contribution in [0.5, 0.6) is 0 Å². The molecule has 1 N–H and O–H groups in total. The Hall–Kier alpha value is -3.87. The number of H-pyrrole nitrogens is 1. The van der Waals surface area contributed by atoms with Crippen molar-refractivity contribution in [2.24, 2.45) is 0 Å². The second-order valence-electron chi connectivity index (χ2n) is 7.96. The van der Waals surface area contributed by atoms with Gasteiger partial charge in [0.05, 0.1) is 13.7 Å². The van der Waals surface area contributed by atoms with E-state index in [1.54, 1.807) is 0 Å². The van der Waals surface area contributed by atoms with Gasteiger partial charge in [-0.05, 0) is 22.3 Å². The fourth-order valence-electron chi connectivity index (χ4n) is 4.62. The number of carbonyl (C=O) groups excluding carboxylic acids is 2. The Kier molecular flexibility index (Phi) is 5.01. The first-order chi connectivity index (χ1) is 15.6. The van der Waals surface area contributed by atoms with Gasteiger partial charge >= 0.3 is 12.1 Å². The first-order valence-corrected chi connectivity index (χ1v) is 10.5. The van der Waals surface area contributed by atoms with Gasteiger partial charge in [-0.3, -0.25) is 4.79 Å². The van der Waals surface area contributed by atoms with Crippen LogP contribution in [0.25, 0.3) is 11.1 Å². The predicted octanol–water partition coefficient (Wildman–Crippen LogP) is 3.47. The third-order valence-electron chi connectivity index (χ3n) is 6.25. The Morgan fingerprint density at radius 1 is 1.06 bits per heavy atom. The molecule has 1 aromatic heterocycles. The number of amides is 1. The number of hydrogen-bond donors (Lipinski definition) is 1. The van der Waals surface area contributed by atoms with Crippen molar-refractivity contribution in [1.82, 2.24) is 9.88 Å². The van der Waals surface area contributed by atoms with Gasteiger partial charge in [-0.2, -0.15) is 0 Å². The van der Waals surface area contributed by atoms with E-state index in [2.05, 4.69) is 34.0 Å². The Morgan fingerprint density at radius 3 is 2.38 bits per heavy atom. The zero-order chi connectivity index (χ0) is 22.2. The maximum atomic E-state index is 12.9. The lowest BCUT2D eigenvalue weighted by Gasteiger charge is -2.28. The predicted molar refractivity (Wildman–Crippen MR) is 118 cm³/mol. The molecule has 1 aliphatic carbocycles. The molecule has 0 atom stereocenters. The monoisotopic (exact) mass is 430 g/mol. The number of aromatic nitrogens is 1. The highest BCUT2D eigenvalue weighted by atomic mass is 16.6. The van der Waals surface area contributed by atoms with Crippen molar-refractivity contribution in [2.75, 3.05) is 20.3 Å². The molecule has 32 heavy (non-hydrogen) atoms. The molecule has 5 rings (SSSR count). The highest BCUT2D eigenvalue weighted by Gasteiger charge is 2.31. The van der Waals surface area contributed by atoms with Gasteiger partial charge in [-0.25, -0.2) is 9.59 Å². The molecule has 1 aliphatic heterocycles. The molecule has 7 nitrogen and oxygen atoms in total. The van der Waals surface area contributed by atoms with Crippen molar-refractivity contribution in [3.05, 3.63) is 92.9 Å². The van der Waals surface area contributed by atoms with E-state index in [1.165, 1.54) is 18.2 Å². The molecule has 2 aliphatic rings. The van der Waals surface area contributed by atoms with E-state index in [0.29, 0.717) is 18.5 Å². The van der Waals surface area contributed by atoms with E-state index in [4.69, 9.17) is 4.74 Å². The zero-order valence-corrected chi connectivity index (χ0v) is 17.6. The first-order valence-electron chi connectivity index (χ1n) is 10.5. The molecule has 1 amide bonds. The van der Waals surface area contributed by atoms with Gasteiger partial charge in [0.15, 0.2) is 0 Å². The van der Waals surface area contributed by atoms with Crippen LogP contribution in [0.2, 0.25) is 0 Å². The molecule has 0 saturated heterocycles. The maximum absolute atomic E-state index is 12.9. The summed E-state index contributed by atoms with van der Waals surface area (Å²) >= 11 is 0. The van der Waals surface area contributed by atoms with Crippen LogP contribution in [-0.4, -0.2) is 42.2 Å². The minimum Gasteiger partial charge on any atom is -0.465 e. The van der Waals surface area contributed by atoms with Crippen molar-refractivity contribution in [3.63, 3.8) is 0 Å². The average Bonchev–Trinajstić information content (AvgIpc) is 3.16. The molecule has 0 saturated carbocycles. The number of ether oxygens (including phenoxy) is 2. The number of hydrogen-bond acceptors (Lipinski definition) is 5. The zero-order valence-electron chi connectivity index (χ0n) is 17.6. The molecule has 3 aromatic rings. The molecular formula is C25H22N2O5. The van der Waals surface area contributed by atoms with Crippen LogP contribution < -0.4 is 5.43 Å². The lowest BCUT2D eigenvalue weighted by Crippen LogP contribution is -2.40. The number of nitrogens with one attached hydrogen (secondary N) is 1. The summed E-state index contributed by atoms with van der Waals surface area (Å²) in [5.41, 5.74) is 5.26. The molecule has 2 aromatic carbocycles. The number of nitrogens with zero attached hydrogens (tertiary/aromatic N) is 1. The van der Waals surface area contributed by atoms with Gasteiger partial charge in [0.25, 0.3) is 0 Å². The lowest BCUT2D eigenvalue weighted by atomic mass is 9.98. The summed E-state index contributed by atoms with van der Waals surface area (Å²) in [7, 11) is 1.23. The molecule has 0 spiro atoms. The highest BCUT2D eigenvalue weighted by Crippen LogP contribution is 2.44. The average molecular weight is 430 g/mol. The summed E-state index contributed by atoms with van der Waals surface area (Å²) in [6.45, 7) is 0.734. The van der Waals surface area contributed by atoms with Crippen molar-refractivity contribution < 1.29 is 19.1 Å². The number of fused-ring (bicyclic) bond motifs is 4. The fourth-order valence-corrected chi connectivity index (χ4v) is 4.62. The first kappa shape index (κ1) is 20.1. The smallest absolute Gasteiger partial charge is 0.410 e. The van der Waals surface area contributed by atoms with Gasteiger partial charge < -0.3 is 19.4 Å². The third-order valence-corrected chi connectivity index (χ3v) is 6.25. The quantitative estimate of drug-likeness (QED) is 0.643. The van der Waals surface area contributed by atoms with E-state index in [9.17, 15) is 14.4 Å². The third kappa shape index (κ3) is 3.26. The molecule has 7 heteroatoms. The van der Waals surface area contributed by atoms with Crippen molar-refractivity contribution in [3.8, 4) is 11.1 Å². The highest BCUT2D eigenvalue weighted by molar-refractivity contribution is 5.89. The second-order valence-corrected chi connectivity index (χ2v) is 7.96. The summed E-state index contributed by atoms with van der Waals surface area (Å²) in [5.74, 6) is -0.731. The van der Waals surface area contributed by atoms with Crippen LogP contribution in [0.3, 0.4) is 0 Å². The van der Waals surface area contributed by atoms with E-state index >= 15 is 0 Å². The van der Waals surface area contributed by atoms with Crippen LogP contribution in [0.1, 0.15) is 38.7 Å². The number of aromatic amines is 1. The topological polar surface area (TPSA) is 88.7 Å². The van der Waals surface area contributed by atoms with Crippen LogP contribution in [0.15, 0.2) is 59.5 Å². The second kappa shape index (κ2) is 8.00. The van der Waals surface area contributed by atoms with Crippen LogP contribution in [0.4, 0.5) is 4.79 Å². The van der Waals surface area contributed by atoms with Crippen molar-refractivity contribution >= 4 is 12.1 Å². The summed E-state index contributed by atoms with van der Waals surface area (Å²) in [6, 6.07) is 16.3. The minimum absolute atomic E-state index is 0.0299. The SMILES string of the molecule is COC(=O)c1c[nH]c2c(c1=O)CN(C(=O)OCC1c3ccccc3-c3ccccc31)CC2. The van der Waals surface area contributed by atoms with E-state index in [-0.39, 0.29) is 24.6 Å². The number of carbonyl (C=O) groups is 2. The molecule has 0 fully saturated rings. The molecule has 0 bridgehead atoms. The Bertz CT molecular complexity index is 1230. The Balaban J connectivity index is 1.33. The number of esters is 1. The van der Waals surface area contributed by atoms with Crippen molar-refractivity contribution in [2.45, 2.75) is 18.9 Å². The van der Waals surface area contributed by atoms with Crippen LogP contribution in [0, 0.1) is 0 Å². The van der Waals surface area contributed by atoms with Gasteiger partial charge in [0.2, 0.25) is 5.43 Å². The minimum atomic E-state index is -0.702.